The minimum Gasteiger partial charge on any atom is -0.480 e. The van der Waals surface area contributed by atoms with Gasteiger partial charge in [-0.1, -0.05) is 0 Å². The highest BCUT2D eigenvalue weighted by atomic mass is 79.9. The molecule has 0 amide bonds. The van der Waals surface area contributed by atoms with E-state index < -0.39 is 0 Å². The molecule has 1 saturated heterocycles. The molecule has 1 atom stereocenters. The number of aromatic nitrogens is 2. The molecule has 0 spiro atoms. The Hall–Kier alpha value is -0.920. The molecule has 1 aromatic heterocycles. The van der Waals surface area contributed by atoms with Crippen molar-refractivity contribution in [2.75, 3.05) is 45.3 Å². The molecule has 1 unspecified atom stereocenters. The lowest BCUT2D eigenvalue weighted by Gasteiger charge is -2.28. The third-order valence-corrected chi connectivity index (χ3v) is 3.26. The predicted molar refractivity (Wildman–Crippen MR) is 72.2 cm³/mol. The van der Waals surface area contributed by atoms with Gasteiger partial charge >= 0.3 is 0 Å². The van der Waals surface area contributed by atoms with E-state index in [9.17, 15) is 0 Å². The highest BCUT2D eigenvalue weighted by Crippen LogP contribution is 2.23. The molecular weight excluding hydrogens is 300 g/mol. The van der Waals surface area contributed by atoms with Gasteiger partial charge in [0.15, 0.2) is 0 Å². The predicted octanol–water partition coefficient (Wildman–Crippen LogP) is 0.672. The van der Waals surface area contributed by atoms with Crippen LogP contribution in [0.2, 0.25) is 0 Å². The van der Waals surface area contributed by atoms with E-state index in [4.69, 9.17) is 9.47 Å². The van der Waals surface area contributed by atoms with E-state index in [0.717, 1.165) is 30.7 Å². The maximum Gasteiger partial charge on any atom is 0.232 e. The molecule has 1 aromatic rings. The number of halogens is 1. The first-order valence-electron chi connectivity index (χ1n) is 5.80. The first kappa shape index (κ1) is 13.5. The van der Waals surface area contributed by atoms with Crippen LogP contribution in [-0.4, -0.2) is 56.5 Å². The molecule has 2 heterocycles. The SMILES string of the molecule is COc1nc(N(C)CC2CNCCO2)ncc1Br. The second-order valence-electron chi connectivity index (χ2n) is 4.10. The molecule has 1 fully saturated rings. The molecule has 1 aliphatic rings. The van der Waals surface area contributed by atoms with Crippen LogP contribution in [0.1, 0.15) is 0 Å². The summed E-state index contributed by atoms with van der Waals surface area (Å²) in [7, 11) is 3.53. The van der Waals surface area contributed by atoms with E-state index in [-0.39, 0.29) is 6.10 Å². The van der Waals surface area contributed by atoms with Gasteiger partial charge in [-0.25, -0.2) is 4.98 Å². The molecule has 7 heteroatoms. The number of likely N-dealkylation sites (N-methyl/N-ethyl adjacent to an activating group) is 1. The summed E-state index contributed by atoms with van der Waals surface area (Å²) in [6, 6.07) is 0. The third-order valence-electron chi connectivity index (χ3n) is 2.72. The number of methoxy groups -OCH3 is 1. The lowest BCUT2D eigenvalue weighted by Crippen LogP contribution is -2.44. The third kappa shape index (κ3) is 3.30. The Labute approximate surface area is 115 Å². The molecule has 100 valence electrons. The number of rotatable bonds is 4. The first-order valence-corrected chi connectivity index (χ1v) is 6.60. The van der Waals surface area contributed by atoms with Gasteiger partial charge in [0.05, 0.1) is 30.5 Å². The average molecular weight is 317 g/mol. The summed E-state index contributed by atoms with van der Waals surface area (Å²) in [6.45, 7) is 3.28. The Balaban J connectivity index is 2.01. The fourth-order valence-corrected chi connectivity index (χ4v) is 2.15. The van der Waals surface area contributed by atoms with Gasteiger partial charge in [0.1, 0.15) is 0 Å². The van der Waals surface area contributed by atoms with Gasteiger partial charge < -0.3 is 19.7 Å². The molecule has 0 aromatic carbocycles. The molecule has 1 aliphatic heterocycles. The number of nitrogens with zero attached hydrogens (tertiary/aromatic N) is 3. The number of ether oxygens (including phenoxy) is 2. The summed E-state index contributed by atoms with van der Waals surface area (Å²) >= 11 is 3.34. The topological polar surface area (TPSA) is 59.5 Å². The maximum absolute atomic E-state index is 5.65. The quantitative estimate of drug-likeness (QED) is 0.881. The molecule has 2 rings (SSSR count). The van der Waals surface area contributed by atoms with Crippen LogP contribution in [0.15, 0.2) is 10.7 Å². The zero-order chi connectivity index (χ0) is 13.0. The number of hydrogen-bond donors (Lipinski definition) is 1. The molecular formula is C11H17BrN4O2. The number of morpholine rings is 1. The van der Waals surface area contributed by atoms with Crippen molar-refractivity contribution in [3.8, 4) is 5.88 Å². The number of anilines is 1. The lowest BCUT2D eigenvalue weighted by atomic mass is 10.3. The van der Waals surface area contributed by atoms with Gasteiger partial charge in [-0.2, -0.15) is 4.98 Å². The fraction of sp³-hybridized carbons (Fsp3) is 0.636. The Bertz CT molecular complexity index is 399. The normalized spacial score (nSPS) is 19.6. The largest absolute Gasteiger partial charge is 0.480 e. The van der Waals surface area contributed by atoms with Crippen molar-refractivity contribution in [1.82, 2.24) is 15.3 Å². The zero-order valence-electron chi connectivity index (χ0n) is 10.5. The summed E-state index contributed by atoms with van der Waals surface area (Å²) in [5.41, 5.74) is 0. The van der Waals surface area contributed by atoms with Crippen LogP contribution in [0.3, 0.4) is 0 Å². The van der Waals surface area contributed by atoms with Crippen LogP contribution in [0.5, 0.6) is 5.88 Å². The summed E-state index contributed by atoms with van der Waals surface area (Å²) in [5.74, 6) is 1.17. The molecule has 0 radical (unpaired) electrons. The summed E-state index contributed by atoms with van der Waals surface area (Å²) in [6.07, 6.45) is 1.86. The van der Waals surface area contributed by atoms with Crippen molar-refractivity contribution < 1.29 is 9.47 Å². The van der Waals surface area contributed by atoms with Crippen molar-refractivity contribution in [2.45, 2.75) is 6.10 Å². The zero-order valence-corrected chi connectivity index (χ0v) is 12.1. The molecule has 18 heavy (non-hydrogen) atoms. The molecule has 1 N–H and O–H groups in total. The summed E-state index contributed by atoms with van der Waals surface area (Å²) < 4.78 is 11.6. The Morgan fingerprint density at radius 2 is 2.50 bits per heavy atom. The minimum absolute atomic E-state index is 0.169. The van der Waals surface area contributed by atoms with Crippen LogP contribution in [0.25, 0.3) is 0 Å². The van der Waals surface area contributed by atoms with E-state index in [2.05, 4.69) is 31.2 Å². The first-order chi connectivity index (χ1) is 8.70. The molecule has 0 aliphatic carbocycles. The highest BCUT2D eigenvalue weighted by Gasteiger charge is 2.17. The summed E-state index contributed by atoms with van der Waals surface area (Å²) in [5, 5.41) is 3.30. The molecule has 6 nitrogen and oxygen atoms in total. The number of nitrogens with one attached hydrogen (secondary N) is 1. The number of hydrogen-bond acceptors (Lipinski definition) is 6. The molecule has 0 saturated carbocycles. The standard InChI is InChI=1S/C11H17BrN4O2/c1-16(7-8-5-13-3-4-18-8)11-14-6-9(12)10(15-11)17-2/h6,8,13H,3-5,7H2,1-2H3. The Kier molecular flexibility index (Phi) is 4.73. The highest BCUT2D eigenvalue weighted by molar-refractivity contribution is 9.10. The lowest BCUT2D eigenvalue weighted by molar-refractivity contribution is 0.0338. The van der Waals surface area contributed by atoms with Crippen molar-refractivity contribution >= 4 is 21.9 Å². The van der Waals surface area contributed by atoms with Crippen LogP contribution in [0.4, 0.5) is 5.95 Å². The van der Waals surface area contributed by atoms with E-state index in [0.29, 0.717) is 11.8 Å². The van der Waals surface area contributed by atoms with Gasteiger partial charge in [-0.15, -0.1) is 0 Å². The second kappa shape index (κ2) is 6.31. The minimum atomic E-state index is 0.169. The summed E-state index contributed by atoms with van der Waals surface area (Å²) in [4.78, 5) is 10.6. The van der Waals surface area contributed by atoms with Crippen molar-refractivity contribution in [1.29, 1.82) is 0 Å². The van der Waals surface area contributed by atoms with Gasteiger partial charge in [-0.3, -0.25) is 0 Å². The van der Waals surface area contributed by atoms with Crippen molar-refractivity contribution in [3.05, 3.63) is 10.7 Å². The van der Waals surface area contributed by atoms with Crippen LogP contribution in [0, 0.1) is 0 Å². The van der Waals surface area contributed by atoms with Crippen molar-refractivity contribution in [2.24, 2.45) is 0 Å². The van der Waals surface area contributed by atoms with Gasteiger partial charge in [-0.05, 0) is 15.9 Å². The fourth-order valence-electron chi connectivity index (χ4n) is 1.79. The van der Waals surface area contributed by atoms with Crippen LogP contribution in [-0.2, 0) is 4.74 Å². The van der Waals surface area contributed by atoms with E-state index in [1.807, 2.05) is 11.9 Å². The van der Waals surface area contributed by atoms with E-state index in [1.54, 1.807) is 13.3 Å². The van der Waals surface area contributed by atoms with Gasteiger partial charge in [0.2, 0.25) is 11.8 Å². The van der Waals surface area contributed by atoms with E-state index >= 15 is 0 Å². The van der Waals surface area contributed by atoms with Gasteiger partial charge in [0, 0.05) is 26.7 Å². The smallest absolute Gasteiger partial charge is 0.232 e. The van der Waals surface area contributed by atoms with Gasteiger partial charge in [0.25, 0.3) is 0 Å². The second-order valence-corrected chi connectivity index (χ2v) is 4.96. The van der Waals surface area contributed by atoms with E-state index in [1.165, 1.54) is 0 Å². The van der Waals surface area contributed by atoms with Crippen LogP contribution >= 0.6 is 15.9 Å². The Morgan fingerprint density at radius 1 is 1.67 bits per heavy atom. The van der Waals surface area contributed by atoms with Crippen LogP contribution < -0.4 is 15.0 Å². The maximum atomic E-state index is 5.65. The monoisotopic (exact) mass is 316 g/mol. The average Bonchev–Trinajstić information content (AvgIpc) is 2.40. The Morgan fingerprint density at radius 3 is 3.17 bits per heavy atom. The van der Waals surface area contributed by atoms with Crippen molar-refractivity contribution in [3.63, 3.8) is 0 Å². The molecule has 0 bridgehead atoms.